The molecule has 1 fully saturated rings. The van der Waals surface area contributed by atoms with Gasteiger partial charge in [-0.25, -0.2) is 14.0 Å². The Bertz CT molecular complexity index is 993. The van der Waals surface area contributed by atoms with Crippen LogP contribution in [-0.4, -0.2) is 59.2 Å². The van der Waals surface area contributed by atoms with Gasteiger partial charge in [-0.1, -0.05) is 42.5 Å². The Morgan fingerprint density at radius 3 is 2.33 bits per heavy atom. The number of ether oxygens (including phenoxy) is 2. The molecule has 9 heteroatoms. The number of carbonyl (C=O) groups excluding carboxylic acids is 3. The minimum Gasteiger partial charge on any atom is -0.445 e. The number of amides is 3. The predicted octanol–water partition coefficient (Wildman–Crippen LogP) is 4.02. The fraction of sp³-hybridized carbons (Fsp3) is 0.375. The molecule has 1 aliphatic heterocycles. The van der Waals surface area contributed by atoms with Gasteiger partial charge in [0.2, 0.25) is 5.91 Å². The van der Waals surface area contributed by atoms with Crippen LogP contribution in [0, 0.1) is 5.82 Å². The molecule has 0 aromatic heterocycles. The third kappa shape index (κ3) is 6.68. The summed E-state index contributed by atoms with van der Waals surface area (Å²) < 4.78 is 24.9. The van der Waals surface area contributed by atoms with E-state index in [9.17, 15) is 18.8 Å². The zero-order valence-corrected chi connectivity index (χ0v) is 18.9. The number of carbonyl (C=O) groups is 3. The molecule has 8 nitrogen and oxygen atoms in total. The number of piperazine rings is 1. The highest BCUT2D eigenvalue weighted by Gasteiger charge is 2.39. The number of hydrogen-bond acceptors (Lipinski definition) is 5. The molecule has 176 valence electrons. The normalized spacial score (nSPS) is 16.2. The lowest BCUT2D eigenvalue weighted by atomic mass is 10.1. The molecule has 33 heavy (non-hydrogen) atoms. The molecule has 0 aliphatic carbocycles. The molecule has 0 saturated carbocycles. The van der Waals surface area contributed by atoms with E-state index in [0.29, 0.717) is 0 Å². The number of halogens is 1. The first kappa shape index (κ1) is 24.0. The number of benzene rings is 2. The lowest BCUT2D eigenvalue weighted by Gasteiger charge is -2.40. The summed E-state index contributed by atoms with van der Waals surface area (Å²) in [5.74, 6) is -1.24. The zero-order valence-electron chi connectivity index (χ0n) is 18.9. The third-order valence-electron chi connectivity index (χ3n) is 4.91. The molecule has 1 heterocycles. The lowest BCUT2D eigenvalue weighted by Crippen LogP contribution is -2.61. The molecule has 0 spiro atoms. The number of nitrogens with zero attached hydrogens (tertiary/aromatic N) is 2. The molecule has 0 radical (unpaired) electrons. The highest BCUT2D eigenvalue weighted by atomic mass is 19.1. The second-order valence-electron chi connectivity index (χ2n) is 8.64. The van der Waals surface area contributed by atoms with E-state index >= 15 is 0 Å². The molecule has 1 N–H and O–H groups in total. The molecule has 2 aromatic rings. The van der Waals surface area contributed by atoms with Crippen molar-refractivity contribution in [3.8, 4) is 0 Å². The van der Waals surface area contributed by atoms with Gasteiger partial charge in [-0.15, -0.1) is 0 Å². The van der Waals surface area contributed by atoms with Gasteiger partial charge >= 0.3 is 12.2 Å². The average Bonchev–Trinajstić information content (AvgIpc) is 2.78. The second-order valence-corrected chi connectivity index (χ2v) is 8.64. The smallest absolute Gasteiger partial charge is 0.410 e. The van der Waals surface area contributed by atoms with E-state index in [4.69, 9.17) is 9.47 Å². The Balaban J connectivity index is 1.75. The van der Waals surface area contributed by atoms with Gasteiger partial charge in [0.1, 0.15) is 24.1 Å². The van der Waals surface area contributed by atoms with Crippen molar-refractivity contribution >= 4 is 23.8 Å². The zero-order chi connectivity index (χ0) is 24.0. The van der Waals surface area contributed by atoms with Crippen molar-refractivity contribution in [3.05, 3.63) is 66.0 Å². The highest BCUT2D eigenvalue weighted by molar-refractivity contribution is 5.97. The molecule has 0 bridgehead atoms. The quantitative estimate of drug-likeness (QED) is 0.749. The molecule has 1 saturated heterocycles. The fourth-order valence-corrected chi connectivity index (χ4v) is 3.30. The monoisotopic (exact) mass is 457 g/mol. The average molecular weight is 458 g/mol. The van der Waals surface area contributed by atoms with E-state index in [1.807, 2.05) is 30.3 Å². The van der Waals surface area contributed by atoms with Crippen molar-refractivity contribution in [2.45, 2.75) is 39.0 Å². The van der Waals surface area contributed by atoms with Gasteiger partial charge in [0.05, 0.1) is 12.2 Å². The lowest BCUT2D eigenvalue weighted by molar-refractivity contribution is -0.122. The Labute approximate surface area is 192 Å². The number of nitrogens with one attached hydrogen (secondary N) is 1. The van der Waals surface area contributed by atoms with Crippen LogP contribution in [0.4, 0.5) is 19.7 Å². The van der Waals surface area contributed by atoms with E-state index in [0.717, 1.165) is 5.56 Å². The summed E-state index contributed by atoms with van der Waals surface area (Å²) >= 11 is 0. The summed E-state index contributed by atoms with van der Waals surface area (Å²) in [6.45, 7) is 5.36. The van der Waals surface area contributed by atoms with Crippen LogP contribution < -0.4 is 5.32 Å². The summed E-state index contributed by atoms with van der Waals surface area (Å²) in [4.78, 5) is 41.0. The van der Waals surface area contributed by atoms with E-state index in [1.54, 1.807) is 26.8 Å². The van der Waals surface area contributed by atoms with Gasteiger partial charge in [-0.2, -0.15) is 0 Å². The van der Waals surface area contributed by atoms with Crippen LogP contribution in [0.25, 0.3) is 0 Å². The second kappa shape index (κ2) is 10.3. The van der Waals surface area contributed by atoms with Gasteiger partial charge in [-0.3, -0.25) is 9.69 Å². The summed E-state index contributed by atoms with van der Waals surface area (Å²) in [5.41, 5.74) is 0.0633. The fourth-order valence-electron chi connectivity index (χ4n) is 3.30. The molecule has 3 amide bonds. The van der Waals surface area contributed by atoms with Crippen molar-refractivity contribution in [3.63, 3.8) is 0 Å². The predicted molar refractivity (Wildman–Crippen MR) is 120 cm³/mol. The number of hydrogen-bond donors (Lipinski definition) is 1. The van der Waals surface area contributed by atoms with Crippen LogP contribution in [0.2, 0.25) is 0 Å². The van der Waals surface area contributed by atoms with Crippen LogP contribution in [0.3, 0.4) is 0 Å². The maximum absolute atomic E-state index is 14.1. The Morgan fingerprint density at radius 2 is 1.67 bits per heavy atom. The van der Waals surface area contributed by atoms with Crippen LogP contribution in [0.1, 0.15) is 26.3 Å². The summed E-state index contributed by atoms with van der Waals surface area (Å²) in [6, 6.07) is 13.8. The van der Waals surface area contributed by atoms with Gasteiger partial charge in [0.15, 0.2) is 0 Å². The first-order chi connectivity index (χ1) is 15.6. The SMILES string of the molecule is CC(C)(C)OC(=O)N1CCN(C(=O)OCc2ccccc2)C(C(=O)Nc2ccccc2F)C1. The van der Waals surface area contributed by atoms with Gasteiger partial charge in [0, 0.05) is 13.1 Å². The van der Waals surface area contributed by atoms with E-state index in [-0.39, 0.29) is 31.9 Å². The van der Waals surface area contributed by atoms with Crippen molar-refractivity contribution in [2.75, 3.05) is 25.0 Å². The Morgan fingerprint density at radius 1 is 1.00 bits per heavy atom. The molecular weight excluding hydrogens is 429 g/mol. The minimum atomic E-state index is -1.09. The Kier molecular flexibility index (Phi) is 7.52. The van der Waals surface area contributed by atoms with Crippen LogP contribution in [0.15, 0.2) is 54.6 Å². The molecule has 2 aromatic carbocycles. The van der Waals surface area contributed by atoms with Crippen molar-refractivity contribution in [1.29, 1.82) is 0 Å². The van der Waals surface area contributed by atoms with Crippen LogP contribution >= 0.6 is 0 Å². The molecule has 1 aliphatic rings. The van der Waals surface area contributed by atoms with Gasteiger partial charge < -0.3 is 19.7 Å². The van der Waals surface area contributed by atoms with Crippen molar-refractivity contribution in [2.24, 2.45) is 0 Å². The standard InChI is InChI=1S/C24H28FN3O5/c1-24(2,3)33-22(30)27-13-14-28(23(31)32-16-17-9-5-4-6-10-17)20(15-27)21(29)26-19-12-8-7-11-18(19)25/h4-12,20H,13-16H2,1-3H3,(H,26,29). The first-order valence-corrected chi connectivity index (χ1v) is 10.6. The topological polar surface area (TPSA) is 88.2 Å². The van der Waals surface area contributed by atoms with E-state index in [2.05, 4.69) is 5.32 Å². The molecule has 1 atom stereocenters. The van der Waals surface area contributed by atoms with Crippen LogP contribution in [0.5, 0.6) is 0 Å². The number of para-hydroxylation sites is 1. The summed E-state index contributed by atoms with van der Waals surface area (Å²) in [5, 5.41) is 2.50. The highest BCUT2D eigenvalue weighted by Crippen LogP contribution is 2.19. The molecular formula is C24H28FN3O5. The number of anilines is 1. The summed E-state index contributed by atoms with van der Waals surface area (Å²) in [6.07, 6.45) is -1.29. The largest absolute Gasteiger partial charge is 0.445 e. The van der Waals surface area contributed by atoms with E-state index in [1.165, 1.54) is 28.0 Å². The summed E-state index contributed by atoms with van der Waals surface area (Å²) in [7, 11) is 0. The van der Waals surface area contributed by atoms with Crippen molar-refractivity contribution in [1.82, 2.24) is 9.80 Å². The Hall–Kier alpha value is -3.62. The van der Waals surface area contributed by atoms with Gasteiger partial charge in [-0.05, 0) is 38.5 Å². The third-order valence-corrected chi connectivity index (χ3v) is 4.91. The maximum Gasteiger partial charge on any atom is 0.410 e. The van der Waals surface area contributed by atoms with Gasteiger partial charge in [0.25, 0.3) is 0 Å². The first-order valence-electron chi connectivity index (χ1n) is 10.6. The van der Waals surface area contributed by atoms with Crippen molar-refractivity contribution < 1.29 is 28.2 Å². The molecule has 1 unspecified atom stereocenters. The van der Waals surface area contributed by atoms with E-state index < -0.39 is 35.6 Å². The number of rotatable bonds is 4. The van der Waals surface area contributed by atoms with Crippen LogP contribution in [-0.2, 0) is 20.9 Å². The maximum atomic E-state index is 14.1. The minimum absolute atomic E-state index is 0.0190. The molecule has 3 rings (SSSR count).